The van der Waals surface area contributed by atoms with Crippen LogP contribution in [0.5, 0.6) is 5.75 Å². The molecule has 1 aromatic rings. The van der Waals surface area contributed by atoms with E-state index in [9.17, 15) is 14.4 Å². The van der Waals surface area contributed by atoms with Crippen LogP contribution in [0.4, 0.5) is 5.69 Å². The van der Waals surface area contributed by atoms with Crippen LogP contribution in [0.3, 0.4) is 0 Å². The van der Waals surface area contributed by atoms with E-state index in [1.807, 2.05) is 19.9 Å². The number of amides is 1. The fourth-order valence-electron chi connectivity index (χ4n) is 3.15. The molecule has 0 aliphatic carbocycles. The largest absolute Gasteiger partial charge is 0.496 e. The molecular formula is C20H25NO6. The van der Waals surface area contributed by atoms with E-state index in [-0.39, 0.29) is 18.5 Å². The zero-order valence-electron chi connectivity index (χ0n) is 16.4. The van der Waals surface area contributed by atoms with Gasteiger partial charge >= 0.3 is 11.9 Å². The molecule has 0 fully saturated rings. The molecule has 27 heavy (non-hydrogen) atoms. The number of hydrogen-bond donors (Lipinski definition) is 1. The monoisotopic (exact) mass is 375 g/mol. The van der Waals surface area contributed by atoms with Gasteiger partial charge in [0.05, 0.1) is 25.5 Å². The van der Waals surface area contributed by atoms with Gasteiger partial charge in [-0.3, -0.25) is 9.59 Å². The topological polar surface area (TPSA) is 90.9 Å². The minimum absolute atomic E-state index is 0.164. The zero-order valence-corrected chi connectivity index (χ0v) is 16.4. The summed E-state index contributed by atoms with van der Waals surface area (Å²) in [7, 11) is 2.92. The van der Waals surface area contributed by atoms with Gasteiger partial charge in [0, 0.05) is 24.5 Å². The number of nitrogens with one attached hydrogen (secondary N) is 1. The van der Waals surface area contributed by atoms with Gasteiger partial charge in [0.2, 0.25) is 5.91 Å². The van der Waals surface area contributed by atoms with Gasteiger partial charge in [-0.15, -0.1) is 0 Å². The molecular weight excluding hydrogens is 350 g/mol. The predicted molar refractivity (Wildman–Crippen MR) is 99.9 cm³/mol. The summed E-state index contributed by atoms with van der Waals surface area (Å²) in [6.45, 7) is 5.34. The Morgan fingerprint density at radius 3 is 2.52 bits per heavy atom. The van der Waals surface area contributed by atoms with Crippen molar-refractivity contribution >= 4 is 23.5 Å². The van der Waals surface area contributed by atoms with Gasteiger partial charge in [-0.1, -0.05) is 11.6 Å². The van der Waals surface area contributed by atoms with Crippen LogP contribution in [-0.2, 0) is 32.1 Å². The van der Waals surface area contributed by atoms with E-state index >= 15 is 0 Å². The minimum Gasteiger partial charge on any atom is -0.496 e. The third kappa shape index (κ3) is 4.48. The molecule has 7 nitrogen and oxygen atoms in total. The first-order valence-electron chi connectivity index (χ1n) is 8.69. The number of fused-ring (bicyclic) bond motifs is 1. The molecule has 1 amide bonds. The van der Waals surface area contributed by atoms with E-state index in [4.69, 9.17) is 9.47 Å². The summed E-state index contributed by atoms with van der Waals surface area (Å²) in [6.07, 6.45) is 3.26. The number of anilines is 1. The Morgan fingerprint density at radius 2 is 1.93 bits per heavy atom. The van der Waals surface area contributed by atoms with Crippen LogP contribution in [0.25, 0.3) is 0 Å². The molecule has 1 aliphatic heterocycles. The number of rotatable bonds is 7. The van der Waals surface area contributed by atoms with Gasteiger partial charge in [-0.2, -0.15) is 0 Å². The molecule has 0 spiro atoms. The lowest BCUT2D eigenvalue weighted by molar-refractivity contribution is -0.140. The second kappa shape index (κ2) is 8.70. The van der Waals surface area contributed by atoms with Crippen LogP contribution in [0.15, 0.2) is 11.6 Å². The second-order valence-electron chi connectivity index (χ2n) is 6.45. The quantitative estimate of drug-likeness (QED) is 0.582. The van der Waals surface area contributed by atoms with Crippen molar-refractivity contribution in [3.05, 3.63) is 33.9 Å². The van der Waals surface area contributed by atoms with Crippen LogP contribution in [-0.4, -0.2) is 32.1 Å². The Kier molecular flexibility index (Phi) is 6.60. The molecule has 0 atom stereocenters. The molecule has 0 aromatic heterocycles. The molecule has 0 saturated carbocycles. The minimum atomic E-state index is -0.452. The summed E-state index contributed by atoms with van der Waals surface area (Å²) in [4.78, 5) is 35.3. The number of carbonyl (C=O) groups excluding carboxylic acids is 3. The number of allylic oxidation sites excluding steroid dienone is 2. The standard InChI is InChI=1S/C20H25NO6/c1-11(7-9-16(23)25-4)6-8-14-18(21-13(3)22)17-15(10-27-20(17)24)12(2)19(14)26-5/h6H,7-10H2,1-5H3,(H,21,22)/b11-6+. The highest BCUT2D eigenvalue weighted by molar-refractivity contribution is 6.05. The van der Waals surface area contributed by atoms with Gasteiger partial charge in [0.25, 0.3) is 0 Å². The van der Waals surface area contributed by atoms with Crippen molar-refractivity contribution in [2.45, 2.75) is 46.6 Å². The molecule has 0 unspecified atom stereocenters. The maximum Gasteiger partial charge on any atom is 0.341 e. The van der Waals surface area contributed by atoms with E-state index in [0.717, 1.165) is 16.7 Å². The molecule has 0 bridgehead atoms. The van der Waals surface area contributed by atoms with E-state index in [2.05, 4.69) is 10.1 Å². The Morgan fingerprint density at radius 1 is 1.22 bits per heavy atom. The lowest BCUT2D eigenvalue weighted by Gasteiger charge is -2.19. The maximum absolute atomic E-state index is 12.2. The summed E-state index contributed by atoms with van der Waals surface area (Å²) in [5.74, 6) is -0.384. The molecule has 146 valence electrons. The Bertz CT molecular complexity index is 809. The molecule has 1 aromatic carbocycles. The van der Waals surface area contributed by atoms with Crippen molar-refractivity contribution < 1.29 is 28.6 Å². The molecule has 7 heteroatoms. The third-order valence-electron chi connectivity index (χ3n) is 4.58. The van der Waals surface area contributed by atoms with Crippen LogP contribution in [0.1, 0.15) is 53.7 Å². The maximum atomic E-state index is 12.2. The van der Waals surface area contributed by atoms with E-state index in [1.165, 1.54) is 14.0 Å². The first-order chi connectivity index (χ1) is 12.8. The summed E-state index contributed by atoms with van der Waals surface area (Å²) >= 11 is 0. The Balaban J connectivity index is 2.46. The molecule has 1 N–H and O–H groups in total. The first kappa shape index (κ1) is 20.5. The highest BCUT2D eigenvalue weighted by Crippen LogP contribution is 2.41. The number of hydrogen-bond acceptors (Lipinski definition) is 6. The van der Waals surface area contributed by atoms with Crippen molar-refractivity contribution in [1.82, 2.24) is 0 Å². The van der Waals surface area contributed by atoms with Crippen molar-refractivity contribution in [3.8, 4) is 5.75 Å². The highest BCUT2D eigenvalue weighted by atomic mass is 16.5. The number of benzene rings is 1. The van der Waals surface area contributed by atoms with Crippen LogP contribution in [0, 0.1) is 6.92 Å². The van der Waals surface area contributed by atoms with Gasteiger partial charge < -0.3 is 19.5 Å². The van der Waals surface area contributed by atoms with Crippen molar-refractivity contribution in [2.24, 2.45) is 0 Å². The summed E-state index contributed by atoms with van der Waals surface area (Å²) in [5, 5.41) is 2.77. The summed E-state index contributed by atoms with van der Waals surface area (Å²) < 4.78 is 15.4. The number of methoxy groups -OCH3 is 2. The SMILES string of the molecule is COC(=O)CC/C(C)=C/Cc1c(NC(C)=O)c2c(c(C)c1OC)COC2=O. The summed E-state index contributed by atoms with van der Waals surface area (Å²) in [5.41, 5.74) is 4.08. The lowest BCUT2D eigenvalue weighted by atomic mass is 9.93. The van der Waals surface area contributed by atoms with Crippen molar-refractivity contribution in [1.29, 1.82) is 0 Å². The Hall–Kier alpha value is -2.83. The normalized spacial score (nSPS) is 13.1. The molecule has 2 rings (SSSR count). The zero-order chi connectivity index (χ0) is 20.1. The fraction of sp³-hybridized carbons (Fsp3) is 0.450. The van der Waals surface area contributed by atoms with Crippen LogP contribution >= 0.6 is 0 Å². The smallest absolute Gasteiger partial charge is 0.341 e. The van der Waals surface area contributed by atoms with E-state index < -0.39 is 5.97 Å². The number of ether oxygens (including phenoxy) is 3. The van der Waals surface area contributed by atoms with E-state index in [1.54, 1.807) is 7.11 Å². The molecule has 1 heterocycles. The third-order valence-corrected chi connectivity index (χ3v) is 4.58. The van der Waals surface area contributed by atoms with Crippen molar-refractivity contribution in [3.63, 3.8) is 0 Å². The molecule has 0 radical (unpaired) electrons. The molecule has 1 aliphatic rings. The number of esters is 2. The molecule has 0 saturated heterocycles. The number of carbonyl (C=O) groups is 3. The fourth-order valence-corrected chi connectivity index (χ4v) is 3.15. The first-order valence-corrected chi connectivity index (χ1v) is 8.69. The van der Waals surface area contributed by atoms with Crippen LogP contribution in [0.2, 0.25) is 0 Å². The second-order valence-corrected chi connectivity index (χ2v) is 6.45. The van der Waals surface area contributed by atoms with E-state index in [0.29, 0.717) is 41.8 Å². The summed E-state index contributed by atoms with van der Waals surface area (Å²) in [6, 6.07) is 0. The van der Waals surface area contributed by atoms with Gasteiger partial charge in [0.1, 0.15) is 12.4 Å². The predicted octanol–water partition coefficient (Wildman–Crippen LogP) is 3.07. The number of cyclic esters (lactones) is 1. The van der Waals surface area contributed by atoms with Gasteiger partial charge in [0.15, 0.2) is 0 Å². The van der Waals surface area contributed by atoms with Gasteiger partial charge in [-0.05, 0) is 32.3 Å². The van der Waals surface area contributed by atoms with Crippen LogP contribution < -0.4 is 10.1 Å². The average molecular weight is 375 g/mol. The Labute approximate surface area is 158 Å². The lowest BCUT2D eigenvalue weighted by Crippen LogP contribution is -2.14. The van der Waals surface area contributed by atoms with Gasteiger partial charge in [-0.25, -0.2) is 4.79 Å². The average Bonchev–Trinajstić information content (AvgIpc) is 3.02. The van der Waals surface area contributed by atoms with Crippen molar-refractivity contribution in [2.75, 3.05) is 19.5 Å². The highest BCUT2D eigenvalue weighted by Gasteiger charge is 2.32.